The van der Waals surface area contributed by atoms with Gasteiger partial charge in [0.15, 0.2) is 0 Å². The lowest BCUT2D eigenvalue weighted by Gasteiger charge is -2.21. The summed E-state index contributed by atoms with van der Waals surface area (Å²) in [6.07, 6.45) is 6.99. The highest BCUT2D eigenvalue weighted by Gasteiger charge is 2.19. The van der Waals surface area contributed by atoms with Crippen molar-refractivity contribution < 1.29 is 0 Å². The molecule has 3 heteroatoms. The average molecular weight is 251 g/mol. The normalized spacial score (nSPS) is 14.7. The van der Waals surface area contributed by atoms with Gasteiger partial charge in [0, 0.05) is 24.8 Å². The highest BCUT2D eigenvalue weighted by molar-refractivity contribution is 5.21. The van der Waals surface area contributed by atoms with Gasteiger partial charge in [0.25, 0.3) is 0 Å². The van der Waals surface area contributed by atoms with Crippen LogP contribution >= 0.6 is 0 Å². The van der Waals surface area contributed by atoms with E-state index >= 15 is 0 Å². The Bertz CT molecular complexity index is 344. The first-order valence-corrected chi connectivity index (χ1v) is 7.38. The van der Waals surface area contributed by atoms with Crippen LogP contribution in [-0.2, 0) is 13.5 Å². The molecule has 0 saturated carbocycles. The molecule has 2 unspecified atom stereocenters. The van der Waals surface area contributed by atoms with Gasteiger partial charge >= 0.3 is 0 Å². The van der Waals surface area contributed by atoms with E-state index < -0.39 is 0 Å². The second kappa shape index (κ2) is 7.57. The van der Waals surface area contributed by atoms with Crippen molar-refractivity contribution in [1.29, 1.82) is 0 Å². The summed E-state index contributed by atoms with van der Waals surface area (Å²) >= 11 is 0. The molecule has 0 spiro atoms. The summed E-state index contributed by atoms with van der Waals surface area (Å²) in [5.74, 6) is 0.768. The molecule has 1 aromatic heterocycles. The molecule has 0 aliphatic rings. The monoisotopic (exact) mass is 251 g/mol. The van der Waals surface area contributed by atoms with Crippen molar-refractivity contribution in [3.05, 3.63) is 17.5 Å². The molecular weight excluding hydrogens is 222 g/mol. The number of hydrogen-bond acceptors (Lipinski definition) is 2. The minimum atomic E-state index is 0.459. The van der Waals surface area contributed by atoms with Gasteiger partial charge in [-0.1, -0.05) is 40.5 Å². The number of hydrogen-bond donors (Lipinski definition) is 1. The number of nitrogens with zero attached hydrogens (tertiary/aromatic N) is 2. The van der Waals surface area contributed by atoms with Crippen LogP contribution in [-0.4, -0.2) is 16.3 Å². The molecule has 0 radical (unpaired) electrons. The lowest BCUT2D eigenvalue weighted by Crippen LogP contribution is -2.23. The molecule has 0 aromatic carbocycles. The van der Waals surface area contributed by atoms with Gasteiger partial charge in [0.05, 0.1) is 5.69 Å². The predicted octanol–water partition coefficient (Wildman–Crippen LogP) is 3.46. The maximum atomic E-state index is 4.56. The van der Waals surface area contributed by atoms with Crippen LogP contribution in [0.5, 0.6) is 0 Å². The van der Waals surface area contributed by atoms with E-state index in [4.69, 9.17) is 0 Å². The van der Waals surface area contributed by atoms with Gasteiger partial charge in [0.1, 0.15) is 0 Å². The lowest BCUT2D eigenvalue weighted by atomic mass is 9.92. The molecule has 1 rings (SSSR count). The minimum Gasteiger partial charge on any atom is -0.310 e. The van der Waals surface area contributed by atoms with E-state index in [2.05, 4.69) is 44.3 Å². The summed E-state index contributed by atoms with van der Waals surface area (Å²) in [6.45, 7) is 10.0. The molecule has 18 heavy (non-hydrogen) atoms. The molecule has 0 fully saturated rings. The first-order valence-electron chi connectivity index (χ1n) is 7.38. The Hall–Kier alpha value is -0.830. The standard InChI is InChI=1S/C15H29N3/c1-6-9-12(4)10-15(16-8-3)13-11-18(5)17-14(13)7-2/h11-12,15-16H,6-10H2,1-5H3. The van der Waals surface area contributed by atoms with E-state index in [0.29, 0.717) is 6.04 Å². The van der Waals surface area contributed by atoms with Crippen LogP contribution in [0.25, 0.3) is 0 Å². The van der Waals surface area contributed by atoms with E-state index in [0.717, 1.165) is 18.9 Å². The smallest absolute Gasteiger partial charge is 0.0669 e. The molecule has 1 N–H and O–H groups in total. The molecule has 1 heterocycles. The van der Waals surface area contributed by atoms with Gasteiger partial charge in [-0.3, -0.25) is 4.68 Å². The van der Waals surface area contributed by atoms with Gasteiger partial charge in [-0.05, 0) is 25.3 Å². The van der Waals surface area contributed by atoms with Crippen molar-refractivity contribution in [2.75, 3.05) is 6.54 Å². The van der Waals surface area contributed by atoms with Gasteiger partial charge in [-0.2, -0.15) is 5.10 Å². The van der Waals surface area contributed by atoms with Gasteiger partial charge in [-0.25, -0.2) is 0 Å². The number of rotatable bonds is 8. The summed E-state index contributed by atoms with van der Waals surface area (Å²) < 4.78 is 1.95. The second-order valence-corrected chi connectivity index (χ2v) is 5.30. The third-order valence-corrected chi connectivity index (χ3v) is 3.52. The Morgan fingerprint density at radius 1 is 1.33 bits per heavy atom. The van der Waals surface area contributed by atoms with Crippen LogP contribution in [0.1, 0.15) is 64.3 Å². The Morgan fingerprint density at radius 2 is 2.06 bits per heavy atom. The van der Waals surface area contributed by atoms with Crippen molar-refractivity contribution in [1.82, 2.24) is 15.1 Å². The van der Waals surface area contributed by atoms with Crippen LogP contribution < -0.4 is 5.32 Å². The predicted molar refractivity (Wildman–Crippen MR) is 77.7 cm³/mol. The van der Waals surface area contributed by atoms with Crippen LogP contribution in [0.4, 0.5) is 0 Å². The van der Waals surface area contributed by atoms with E-state index in [-0.39, 0.29) is 0 Å². The van der Waals surface area contributed by atoms with E-state index in [1.807, 2.05) is 11.7 Å². The van der Waals surface area contributed by atoms with Crippen LogP contribution in [0.3, 0.4) is 0 Å². The molecule has 0 bridgehead atoms. The Kier molecular flexibility index (Phi) is 6.41. The summed E-state index contributed by atoms with van der Waals surface area (Å²) in [7, 11) is 2.02. The molecular formula is C15H29N3. The van der Waals surface area contributed by atoms with Crippen molar-refractivity contribution in [2.24, 2.45) is 13.0 Å². The summed E-state index contributed by atoms with van der Waals surface area (Å²) in [6, 6.07) is 0.459. The first kappa shape index (κ1) is 15.2. The minimum absolute atomic E-state index is 0.459. The zero-order chi connectivity index (χ0) is 13.5. The lowest BCUT2D eigenvalue weighted by molar-refractivity contribution is 0.394. The fraction of sp³-hybridized carbons (Fsp3) is 0.800. The largest absolute Gasteiger partial charge is 0.310 e. The maximum Gasteiger partial charge on any atom is 0.0669 e. The maximum absolute atomic E-state index is 4.56. The van der Waals surface area contributed by atoms with Crippen molar-refractivity contribution in [3.63, 3.8) is 0 Å². The van der Waals surface area contributed by atoms with E-state index in [1.54, 1.807) is 0 Å². The topological polar surface area (TPSA) is 29.9 Å². The fourth-order valence-corrected chi connectivity index (χ4v) is 2.70. The Morgan fingerprint density at radius 3 is 2.61 bits per heavy atom. The molecule has 0 saturated heterocycles. The average Bonchev–Trinajstić information content (AvgIpc) is 2.70. The zero-order valence-electron chi connectivity index (χ0n) is 12.7. The van der Waals surface area contributed by atoms with Crippen LogP contribution in [0.2, 0.25) is 0 Å². The molecule has 2 atom stereocenters. The molecule has 1 aromatic rings. The molecule has 3 nitrogen and oxygen atoms in total. The van der Waals surface area contributed by atoms with Gasteiger partial charge in [0.2, 0.25) is 0 Å². The first-order chi connectivity index (χ1) is 8.62. The summed E-state index contributed by atoms with van der Waals surface area (Å²) in [5.41, 5.74) is 2.64. The highest BCUT2D eigenvalue weighted by Crippen LogP contribution is 2.26. The highest BCUT2D eigenvalue weighted by atomic mass is 15.3. The van der Waals surface area contributed by atoms with Gasteiger partial charge in [-0.15, -0.1) is 0 Å². The molecule has 0 amide bonds. The fourth-order valence-electron chi connectivity index (χ4n) is 2.70. The molecule has 0 aliphatic heterocycles. The van der Waals surface area contributed by atoms with E-state index in [1.165, 1.54) is 30.5 Å². The van der Waals surface area contributed by atoms with Crippen molar-refractivity contribution in [3.8, 4) is 0 Å². The van der Waals surface area contributed by atoms with Crippen LogP contribution in [0.15, 0.2) is 6.20 Å². The van der Waals surface area contributed by atoms with Gasteiger partial charge < -0.3 is 5.32 Å². The van der Waals surface area contributed by atoms with E-state index in [9.17, 15) is 0 Å². The third kappa shape index (κ3) is 4.13. The molecule has 0 aliphatic carbocycles. The number of aromatic nitrogens is 2. The van der Waals surface area contributed by atoms with Crippen molar-refractivity contribution in [2.45, 2.75) is 59.4 Å². The summed E-state index contributed by atoms with van der Waals surface area (Å²) in [4.78, 5) is 0. The zero-order valence-corrected chi connectivity index (χ0v) is 12.7. The van der Waals surface area contributed by atoms with Crippen LogP contribution in [0, 0.1) is 5.92 Å². The second-order valence-electron chi connectivity index (χ2n) is 5.30. The number of aryl methyl sites for hydroxylation is 2. The number of nitrogens with one attached hydrogen (secondary N) is 1. The molecule has 104 valence electrons. The van der Waals surface area contributed by atoms with Crippen molar-refractivity contribution >= 4 is 0 Å². The quantitative estimate of drug-likeness (QED) is 0.767. The third-order valence-electron chi connectivity index (χ3n) is 3.52. The Balaban J connectivity index is 2.82. The summed E-state index contributed by atoms with van der Waals surface area (Å²) in [5, 5.41) is 8.19. The Labute approximate surface area is 112 Å². The SMILES string of the molecule is CCCC(C)CC(NCC)c1cn(C)nc1CC.